The first kappa shape index (κ1) is 13.0. The Balaban J connectivity index is 2.41. The summed E-state index contributed by atoms with van der Waals surface area (Å²) in [6.07, 6.45) is 2.35. The molecule has 1 heterocycles. The molecule has 1 saturated heterocycles. The maximum absolute atomic E-state index is 5.51. The second-order valence-electron chi connectivity index (χ2n) is 4.50. The van der Waals surface area contributed by atoms with Crippen LogP contribution in [0.2, 0.25) is 0 Å². The molecule has 4 nitrogen and oxygen atoms in total. The van der Waals surface area contributed by atoms with Gasteiger partial charge >= 0.3 is 0 Å². The highest BCUT2D eigenvalue weighted by molar-refractivity contribution is 5.53. The minimum atomic E-state index is 0.456. The van der Waals surface area contributed by atoms with Crippen LogP contribution in [-0.2, 0) is 0 Å². The van der Waals surface area contributed by atoms with E-state index in [0.29, 0.717) is 5.92 Å². The van der Waals surface area contributed by atoms with E-state index in [4.69, 9.17) is 14.2 Å². The molecule has 18 heavy (non-hydrogen) atoms. The van der Waals surface area contributed by atoms with Gasteiger partial charge in [-0.2, -0.15) is 0 Å². The largest absolute Gasteiger partial charge is 0.497 e. The maximum Gasteiger partial charge on any atom is 0.164 e. The lowest BCUT2D eigenvalue weighted by Crippen LogP contribution is -2.28. The summed E-state index contributed by atoms with van der Waals surface area (Å²) in [5, 5.41) is 3.42. The number of ether oxygens (including phenoxy) is 3. The van der Waals surface area contributed by atoms with Gasteiger partial charge in [-0.3, -0.25) is 0 Å². The number of piperidine rings is 1. The van der Waals surface area contributed by atoms with E-state index in [1.54, 1.807) is 21.3 Å². The summed E-state index contributed by atoms with van der Waals surface area (Å²) in [5.41, 5.74) is 1.17. The molecule has 1 unspecified atom stereocenters. The fourth-order valence-corrected chi connectivity index (χ4v) is 2.51. The molecule has 0 spiro atoms. The van der Waals surface area contributed by atoms with E-state index in [1.165, 1.54) is 18.4 Å². The lowest BCUT2D eigenvalue weighted by molar-refractivity contribution is 0.338. The zero-order valence-electron chi connectivity index (χ0n) is 11.3. The van der Waals surface area contributed by atoms with Gasteiger partial charge in [0.2, 0.25) is 0 Å². The normalized spacial score (nSPS) is 19.4. The third-order valence-electron chi connectivity index (χ3n) is 3.45. The highest BCUT2D eigenvalue weighted by Gasteiger charge is 2.22. The predicted octanol–water partition coefficient (Wildman–Crippen LogP) is 2.18. The fraction of sp³-hybridized carbons (Fsp3) is 0.571. The Bertz CT molecular complexity index is 400. The minimum Gasteiger partial charge on any atom is -0.497 e. The van der Waals surface area contributed by atoms with Gasteiger partial charge in [0.25, 0.3) is 0 Å². The second-order valence-corrected chi connectivity index (χ2v) is 4.50. The van der Waals surface area contributed by atoms with Crippen molar-refractivity contribution in [1.29, 1.82) is 0 Å². The number of hydrogen-bond donors (Lipinski definition) is 1. The molecule has 0 aliphatic carbocycles. The lowest BCUT2D eigenvalue weighted by Gasteiger charge is -2.26. The number of rotatable bonds is 4. The molecule has 100 valence electrons. The highest BCUT2D eigenvalue weighted by Crippen LogP contribution is 2.41. The second kappa shape index (κ2) is 5.96. The van der Waals surface area contributed by atoms with Gasteiger partial charge in [0.15, 0.2) is 11.5 Å². The van der Waals surface area contributed by atoms with E-state index >= 15 is 0 Å². The monoisotopic (exact) mass is 251 g/mol. The molecule has 1 aromatic rings. The van der Waals surface area contributed by atoms with E-state index in [1.807, 2.05) is 6.07 Å². The van der Waals surface area contributed by atoms with E-state index < -0.39 is 0 Å². The Hall–Kier alpha value is -1.42. The summed E-state index contributed by atoms with van der Waals surface area (Å²) in [5.74, 6) is 2.83. The summed E-state index contributed by atoms with van der Waals surface area (Å²) in [6.45, 7) is 2.08. The number of methoxy groups -OCH3 is 3. The van der Waals surface area contributed by atoms with Crippen LogP contribution in [-0.4, -0.2) is 34.4 Å². The van der Waals surface area contributed by atoms with Crippen LogP contribution in [0.15, 0.2) is 12.1 Å². The van der Waals surface area contributed by atoms with Crippen molar-refractivity contribution in [3.05, 3.63) is 17.7 Å². The van der Waals surface area contributed by atoms with Crippen molar-refractivity contribution in [3.8, 4) is 17.2 Å². The van der Waals surface area contributed by atoms with Crippen LogP contribution in [0.25, 0.3) is 0 Å². The molecule has 0 amide bonds. The number of hydrogen-bond acceptors (Lipinski definition) is 4. The molecule has 2 rings (SSSR count). The van der Waals surface area contributed by atoms with Gasteiger partial charge in [0.05, 0.1) is 21.3 Å². The third kappa shape index (κ3) is 2.53. The summed E-state index contributed by atoms with van der Waals surface area (Å²) in [6, 6.07) is 3.91. The van der Waals surface area contributed by atoms with Crippen LogP contribution < -0.4 is 19.5 Å². The summed E-state index contributed by atoms with van der Waals surface area (Å²) in [4.78, 5) is 0. The smallest absolute Gasteiger partial charge is 0.164 e. The maximum atomic E-state index is 5.51. The predicted molar refractivity (Wildman–Crippen MR) is 70.9 cm³/mol. The Morgan fingerprint density at radius 1 is 1.11 bits per heavy atom. The van der Waals surface area contributed by atoms with E-state index in [-0.39, 0.29) is 0 Å². The SMILES string of the molecule is COc1cc(OC)c(OC)c(C2CCCNC2)c1. The number of nitrogens with one attached hydrogen (secondary N) is 1. The molecule has 0 bridgehead atoms. The zero-order valence-corrected chi connectivity index (χ0v) is 11.3. The van der Waals surface area contributed by atoms with Crippen LogP contribution in [0.5, 0.6) is 17.2 Å². The molecule has 1 aliphatic rings. The molecule has 1 aromatic carbocycles. The molecule has 1 N–H and O–H groups in total. The molecule has 1 atom stereocenters. The van der Waals surface area contributed by atoms with Crippen molar-refractivity contribution in [1.82, 2.24) is 5.32 Å². The van der Waals surface area contributed by atoms with Crippen molar-refractivity contribution in [3.63, 3.8) is 0 Å². The summed E-state index contributed by atoms with van der Waals surface area (Å²) < 4.78 is 16.2. The molecule has 0 saturated carbocycles. The Morgan fingerprint density at radius 2 is 1.94 bits per heavy atom. The van der Waals surface area contributed by atoms with Crippen molar-refractivity contribution in [2.45, 2.75) is 18.8 Å². The van der Waals surface area contributed by atoms with Gasteiger partial charge in [0, 0.05) is 24.1 Å². The topological polar surface area (TPSA) is 39.7 Å². The van der Waals surface area contributed by atoms with Crippen molar-refractivity contribution >= 4 is 0 Å². The van der Waals surface area contributed by atoms with Crippen molar-refractivity contribution < 1.29 is 14.2 Å². The molecular formula is C14H21NO3. The molecule has 1 fully saturated rings. The van der Waals surface area contributed by atoms with Gasteiger partial charge in [-0.15, -0.1) is 0 Å². The first-order valence-electron chi connectivity index (χ1n) is 6.30. The Labute approximate surface area is 108 Å². The average Bonchev–Trinajstić information content (AvgIpc) is 2.46. The Kier molecular flexibility index (Phi) is 4.31. The van der Waals surface area contributed by atoms with E-state index in [2.05, 4.69) is 11.4 Å². The van der Waals surface area contributed by atoms with Crippen LogP contribution >= 0.6 is 0 Å². The van der Waals surface area contributed by atoms with Gasteiger partial charge in [-0.05, 0) is 25.5 Å². The molecule has 0 radical (unpaired) electrons. The fourth-order valence-electron chi connectivity index (χ4n) is 2.51. The van der Waals surface area contributed by atoms with Crippen LogP contribution in [0.3, 0.4) is 0 Å². The minimum absolute atomic E-state index is 0.456. The van der Waals surface area contributed by atoms with Crippen LogP contribution in [0.1, 0.15) is 24.3 Å². The van der Waals surface area contributed by atoms with E-state index in [0.717, 1.165) is 30.3 Å². The first-order valence-corrected chi connectivity index (χ1v) is 6.30. The first-order chi connectivity index (χ1) is 8.80. The van der Waals surface area contributed by atoms with Gasteiger partial charge < -0.3 is 19.5 Å². The van der Waals surface area contributed by atoms with Crippen LogP contribution in [0.4, 0.5) is 0 Å². The summed E-state index contributed by atoms with van der Waals surface area (Å²) >= 11 is 0. The van der Waals surface area contributed by atoms with E-state index in [9.17, 15) is 0 Å². The lowest BCUT2D eigenvalue weighted by atomic mass is 9.90. The average molecular weight is 251 g/mol. The molecule has 0 aromatic heterocycles. The third-order valence-corrected chi connectivity index (χ3v) is 3.45. The van der Waals surface area contributed by atoms with Gasteiger partial charge in [0.1, 0.15) is 5.75 Å². The van der Waals surface area contributed by atoms with Gasteiger partial charge in [-0.25, -0.2) is 0 Å². The zero-order chi connectivity index (χ0) is 13.0. The molecule has 4 heteroatoms. The standard InChI is InChI=1S/C14H21NO3/c1-16-11-7-12(10-5-4-6-15-9-10)14(18-3)13(8-11)17-2/h7-8,10,15H,4-6,9H2,1-3H3. The van der Waals surface area contributed by atoms with Crippen LogP contribution in [0, 0.1) is 0 Å². The number of benzene rings is 1. The Morgan fingerprint density at radius 3 is 2.50 bits per heavy atom. The molecule has 1 aliphatic heterocycles. The van der Waals surface area contributed by atoms with Gasteiger partial charge in [-0.1, -0.05) is 0 Å². The van der Waals surface area contributed by atoms with Crippen molar-refractivity contribution in [2.24, 2.45) is 0 Å². The highest BCUT2D eigenvalue weighted by atomic mass is 16.5. The van der Waals surface area contributed by atoms with Crippen molar-refractivity contribution in [2.75, 3.05) is 34.4 Å². The molecular weight excluding hydrogens is 230 g/mol. The summed E-state index contributed by atoms with van der Waals surface area (Å²) in [7, 11) is 5.01. The quantitative estimate of drug-likeness (QED) is 0.890.